The molecule has 0 saturated carbocycles. The summed E-state index contributed by atoms with van der Waals surface area (Å²) in [5.74, 6) is -0.459. The fourth-order valence-corrected chi connectivity index (χ4v) is 1.46. The Kier molecular flexibility index (Phi) is 2.82. The number of hydrogen-bond donors (Lipinski definition) is 1. The largest absolute Gasteiger partial charge is 0.468 e. The molecule has 0 aliphatic rings. The van der Waals surface area contributed by atoms with Gasteiger partial charge in [-0.3, -0.25) is 4.79 Å². The third-order valence-electron chi connectivity index (χ3n) is 2.29. The first kappa shape index (κ1) is 10.6. The molecule has 84 valence electrons. The van der Waals surface area contributed by atoms with Crippen molar-refractivity contribution in [2.24, 2.45) is 5.73 Å². The Labute approximate surface area is 92.0 Å². The van der Waals surface area contributed by atoms with Crippen LogP contribution in [0.1, 0.15) is 0 Å². The predicted octanol–water partition coefficient (Wildman–Crippen LogP) is -0.0684. The SMILES string of the molecule is COC(=O)C(N)Cn1nnc2ccccc21. The molecule has 1 aromatic carbocycles. The summed E-state index contributed by atoms with van der Waals surface area (Å²) in [6, 6.07) is 6.75. The number of ether oxygens (including phenoxy) is 1. The number of methoxy groups -OCH3 is 1. The highest BCUT2D eigenvalue weighted by Gasteiger charge is 2.16. The van der Waals surface area contributed by atoms with E-state index in [1.165, 1.54) is 7.11 Å². The van der Waals surface area contributed by atoms with Crippen molar-refractivity contribution in [2.45, 2.75) is 12.6 Å². The smallest absolute Gasteiger partial charge is 0.324 e. The minimum Gasteiger partial charge on any atom is -0.468 e. The summed E-state index contributed by atoms with van der Waals surface area (Å²) in [5, 5.41) is 7.89. The number of fused-ring (bicyclic) bond motifs is 1. The first-order valence-corrected chi connectivity index (χ1v) is 4.84. The Morgan fingerprint density at radius 3 is 3.06 bits per heavy atom. The normalized spacial score (nSPS) is 12.6. The Morgan fingerprint density at radius 1 is 1.56 bits per heavy atom. The molecule has 0 fully saturated rings. The second kappa shape index (κ2) is 4.28. The summed E-state index contributed by atoms with van der Waals surface area (Å²) in [6.07, 6.45) is 0. The molecule has 0 saturated heterocycles. The van der Waals surface area contributed by atoms with Crippen molar-refractivity contribution in [3.63, 3.8) is 0 Å². The van der Waals surface area contributed by atoms with Crippen LogP contribution in [0.3, 0.4) is 0 Å². The van der Waals surface area contributed by atoms with Gasteiger partial charge in [0.1, 0.15) is 11.6 Å². The zero-order valence-electron chi connectivity index (χ0n) is 8.83. The molecular formula is C10H12N4O2. The second-order valence-corrected chi connectivity index (χ2v) is 3.39. The number of carbonyl (C=O) groups is 1. The average molecular weight is 220 g/mol. The van der Waals surface area contributed by atoms with Crippen LogP contribution in [0.2, 0.25) is 0 Å². The number of esters is 1. The molecule has 1 heterocycles. The van der Waals surface area contributed by atoms with E-state index in [1.807, 2.05) is 24.3 Å². The number of hydrogen-bond acceptors (Lipinski definition) is 5. The molecule has 2 rings (SSSR count). The highest BCUT2D eigenvalue weighted by molar-refractivity contribution is 5.76. The lowest BCUT2D eigenvalue weighted by Gasteiger charge is -2.08. The van der Waals surface area contributed by atoms with Crippen molar-refractivity contribution in [1.29, 1.82) is 0 Å². The molecule has 0 radical (unpaired) electrons. The zero-order valence-corrected chi connectivity index (χ0v) is 8.83. The minimum atomic E-state index is -0.727. The van der Waals surface area contributed by atoms with Gasteiger partial charge in [0, 0.05) is 0 Å². The van der Waals surface area contributed by atoms with Gasteiger partial charge in [0.05, 0.1) is 19.2 Å². The molecule has 0 aliphatic heterocycles. The van der Waals surface area contributed by atoms with E-state index in [2.05, 4.69) is 15.0 Å². The third-order valence-corrected chi connectivity index (χ3v) is 2.29. The van der Waals surface area contributed by atoms with Crippen LogP contribution in [0, 0.1) is 0 Å². The van der Waals surface area contributed by atoms with Crippen molar-refractivity contribution in [3.8, 4) is 0 Å². The lowest BCUT2D eigenvalue weighted by atomic mass is 10.3. The van der Waals surface area contributed by atoms with E-state index < -0.39 is 12.0 Å². The molecule has 1 unspecified atom stereocenters. The van der Waals surface area contributed by atoms with Gasteiger partial charge >= 0.3 is 5.97 Å². The molecule has 6 heteroatoms. The molecule has 0 spiro atoms. The molecule has 1 aromatic heterocycles. The molecule has 6 nitrogen and oxygen atoms in total. The van der Waals surface area contributed by atoms with Crippen LogP contribution < -0.4 is 5.73 Å². The van der Waals surface area contributed by atoms with Gasteiger partial charge in [-0.1, -0.05) is 17.3 Å². The highest BCUT2D eigenvalue weighted by atomic mass is 16.5. The van der Waals surface area contributed by atoms with Gasteiger partial charge < -0.3 is 10.5 Å². The number of para-hydroxylation sites is 1. The number of nitrogens with zero attached hydrogens (tertiary/aromatic N) is 3. The lowest BCUT2D eigenvalue weighted by molar-refractivity contribution is -0.142. The zero-order chi connectivity index (χ0) is 11.5. The Hall–Kier alpha value is -1.95. The summed E-state index contributed by atoms with van der Waals surface area (Å²) in [6.45, 7) is 0.257. The van der Waals surface area contributed by atoms with Gasteiger partial charge in [0.15, 0.2) is 0 Å². The first-order chi connectivity index (χ1) is 7.72. The van der Waals surface area contributed by atoms with Gasteiger partial charge in [-0.25, -0.2) is 4.68 Å². The minimum absolute atomic E-state index is 0.257. The van der Waals surface area contributed by atoms with Crippen LogP contribution in [0.15, 0.2) is 24.3 Å². The average Bonchev–Trinajstić information content (AvgIpc) is 2.72. The topological polar surface area (TPSA) is 83.0 Å². The maximum absolute atomic E-state index is 11.2. The van der Waals surface area contributed by atoms with E-state index in [0.29, 0.717) is 0 Å². The Bertz CT molecular complexity index is 508. The lowest BCUT2D eigenvalue weighted by Crippen LogP contribution is -2.36. The van der Waals surface area contributed by atoms with E-state index in [9.17, 15) is 4.79 Å². The molecule has 16 heavy (non-hydrogen) atoms. The number of nitrogens with two attached hydrogens (primary N) is 1. The van der Waals surface area contributed by atoms with Crippen LogP contribution >= 0.6 is 0 Å². The van der Waals surface area contributed by atoms with Crippen molar-refractivity contribution < 1.29 is 9.53 Å². The fourth-order valence-electron chi connectivity index (χ4n) is 1.46. The van der Waals surface area contributed by atoms with Crippen molar-refractivity contribution in [3.05, 3.63) is 24.3 Å². The summed E-state index contributed by atoms with van der Waals surface area (Å²) in [7, 11) is 1.31. The van der Waals surface area contributed by atoms with Gasteiger partial charge in [-0.15, -0.1) is 5.10 Å². The molecule has 1 atom stereocenters. The van der Waals surface area contributed by atoms with E-state index >= 15 is 0 Å². The van der Waals surface area contributed by atoms with Crippen molar-refractivity contribution in [1.82, 2.24) is 15.0 Å². The molecule has 2 aromatic rings. The molecule has 0 aliphatic carbocycles. The fraction of sp³-hybridized carbons (Fsp3) is 0.300. The monoisotopic (exact) mass is 220 g/mol. The maximum Gasteiger partial charge on any atom is 0.324 e. The number of rotatable bonds is 3. The predicted molar refractivity (Wildman–Crippen MR) is 57.5 cm³/mol. The summed E-state index contributed by atoms with van der Waals surface area (Å²) < 4.78 is 6.14. The summed E-state index contributed by atoms with van der Waals surface area (Å²) >= 11 is 0. The van der Waals surface area contributed by atoms with Crippen LogP contribution in [0.5, 0.6) is 0 Å². The van der Waals surface area contributed by atoms with Gasteiger partial charge in [-0.05, 0) is 12.1 Å². The summed E-state index contributed by atoms with van der Waals surface area (Å²) in [5.41, 5.74) is 7.27. The van der Waals surface area contributed by atoms with Gasteiger partial charge in [0.2, 0.25) is 0 Å². The van der Waals surface area contributed by atoms with Gasteiger partial charge in [0.25, 0.3) is 0 Å². The number of aromatic nitrogens is 3. The van der Waals surface area contributed by atoms with Crippen molar-refractivity contribution >= 4 is 17.0 Å². The second-order valence-electron chi connectivity index (χ2n) is 3.39. The molecule has 0 amide bonds. The van der Waals surface area contributed by atoms with Gasteiger partial charge in [-0.2, -0.15) is 0 Å². The molecule has 2 N–H and O–H groups in total. The Balaban J connectivity index is 2.24. The van der Waals surface area contributed by atoms with Crippen LogP contribution in [0.25, 0.3) is 11.0 Å². The Morgan fingerprint density at radius 2 is 2.31 bits per heavy atom. The van der Waals surface area contributed by atoms with Crippen LogP contribution in [0.4, 0.5) is 0 Å². The highest BCUT2D eigenvalue weighted by Crippen LogP contribution is 2.09. The van der Waals surface area contributed by atoms with E-state index in [1.54, 1.807) is 4.68 Å². The van der Waals surface area contributed by atoms with Crippen LogP contribution in [-0.4, -0.2) is 34.1 Å². The molecule has 0 bridgehead atoms. The van der Waals surface area contributed by atoms with E-state index in [-0.39, 0.29) is 6.54 Å². The summed E-state index contributed by atoms with van der Waals surface area (Å²) in [4.78, 5) is 11.2. The number of carbonyl (C=O) groups excluding carboxylic acids is 1. The third kappa shape index (κ3) is 1.87. The number of benzene rings is 1. The van der Waals surface area contributed by atoms with E-state index in [0.717, 1.165) is 11.0 Å². The van der Waals surface area contributed by atoms with Crippen LogP contribution in [-0.2, 0) is 16.1 Å². The maximum atomic E-state index is 11.2. The molecular weight excluding hydrogens is 208 g/mol. The van der Waals surface area contributed by atoms with E-state index in [4.69, 9.17) is 5.73 Å². The quantitative estimate of drug-likeness (QED) is 0.732. The van der Waals surface area contributed by atoms with Crippen molar-refractivity contribution in [2.75, 3.05) is 7.11 Å². The first-order valence-electron chi connectivity index (χ1n) is 4.84. The standard InChI is InChI=1S/C10H12N4O2/c1-16-10(15)7(11)6-14-9-5-3-2-4-8(9)12-13-14/h2-5,7H,6,11H2,1H3.